The number of carbonyl (C=O) groups is 1. The molecule has 8 nitrogen and oxygen atoms in total. The van der Waals surface area contributed by atoms with E-state index < -0.39 is 11.5 Å². The van der Waals surface area contributed by atoms with E-state index in [1.807, 2.05) is 20.2 Å². The number of nitrogens with one attached hydrogen (secondary N) is 2. The van der Waals surface area contributed by atoms with E-state index in [0.717, 1.165) is 5.56 Å². The van der Waals surface area contributed by atoms with Gasteiger partial charge in [-0.25, -0.2) is 4.98 Å². The molecule has 0 saturated carbocycles. The van der Waals surface area contributed by atoms with E-state index in [-0.39, 0.29) is 11.6 Å². The van der Waals surface area contributed by atoms with Crippen LogP contribution in [0.3, 0.4) is 0 Å². The highest BCUT2D eigenvalue weighted by molar-refractivity contribution is 5.93. The van der Waals surface area contributed by atoms with Crippen LogP contribution < -0.4 is 10.9 Å². The normalized spacial score (nSPS) is 11.9. The van der Waals surface area contributed by atoms with E-state index in [0.29, 0.717) is 17.8 Å². The Hall–Kier alpha value is -3.29. The van der Waals surface area contributed by atoms with Crippen molar-refractivity contribution in [3.63, 3.8) is 0 Å². The third kappa shape index (κ3) is 3.63. The number of aromatic nitrogens is 5. The van der Waals surface area contributed by atoms with Crippen LogP contribution in [-0.2, 0) is 7.05 Å². The number of rotatable bonds is 5. The Morgan fingerprint density at radius 3 is 2.80 bits per heavy atom. The molecule has 0 bridgehead atoms. The van der Waals surface area contributed by atoms with Crippen LogP contribution in [0.15, 0.2) is 47.9 Å². The average molecular weight is 338 g/mol. The van der Waals surface area contributed by atoms with Crippen molar-refractivity contribution < 1.29 is 4.79 Å². The van der Waals surface area contributed by atoms with Crippen molar-refractivity contribution in [2.24, 2.45) is 7.05 Å². The van der Waals surface area contributed by atoms with Crippen molar-refractivity contribution in [3.05, 3.63) is 64.6 Å². The van der Waals surface area contributed by atoms with Gasteiger partial charge in [-0.1, -0.05) is 6.92 Å². The van der Waals surface area contributed by atoms with Crippen molar-refractivity contribution in [1.29, 1.82) is 0 Å². The van der Waals surface area contributed by atoms with Crippen LogP contribution in [0.2, 0.25) is 0 Å². The molecule has 0 aliphatic carbocycles. The summed E-state index contributed by atoms with van der Waals surface area (Å²) in [4.78, 5) is 35.5. The lowest BCUT2D eigenvalue weighted by molar-refractivity contribution is 0.0933. The lowest BCUT2D eigenvalue weighted by Crippen LogP contribution is -2.32. The average Bonchev–Trinajstić information content (AvgIpc) is 3.06. The third-order valence-corrected chi connectivity index (χ3v) is 3.82. The molecular formula is C17H18N6O2. The summed E-state index contributed by atoms with van der Waals surface area (Å²) in [5, 5.41) is 6.96. The minimum absolute atomic E-state index is 0.0324. The molecule has 3 rings (SSSR count). The van der Waals surface area contributed by atoms with Gasteiger partial charge in [-0.3, -0.25) is 19.3 Å². The Kier molecular flexibility index (Phi) is 4.69. The molecule has 128 valence electrons. The molecule has 0 aliphatic rings. The number of aromatic amines is 1. The van der Waals surface area contributed by atoms with Crippen molar-refractivity contribution in [2.75, 3.05) is 0 Å². The maximum atomic E-state index is 12.5. The fourth-order valence-corrected chi connectivity index (χ4v) is 2.48. The second kappa shape index (κ2) is 7.08. The highest BCUT2D eigenvalue weighted by Crippen LogP contribution is 2.16. The molecule has 0 fully saturated rings. The third-order valence-electron chi connectivity index (χ3n) is 3.82. The molecule has 0 radical (unpaired) electrons. The highest BCUT2D eigenvalue weighted by atomic mass is 16.2. The molecule has 0 unspecified atom stereocenters. The van der Waals surface area contributed by atoms with Gasteiger partial charge in [0, 0.05) is 43.0 Å². The first-order chi connectivity index (χ1) is 12.1. The number of amides is 1. The predicted octanol–water partition coefficient (Wildman–Crippen LogP) is 1.45. The summed E-state index contributed by atoms with van der Waals surface area (Å²) in [6.07, 6.45) is 8.72. The predicted molar refractivity (Wildman–Crippen MR) is 91.8 cm³/mol. The van der Waals surface area contributed by atoms with E-state index in [1.165, 1.54) is 6.20 Å². The molecule has 0 saturated heterocycles. The van der Waals surface area contributed by atoms with Gasteiger partial charge in [-0.2, -0.15) is 5.10 Å². The van der Waals surface area contributed by atoms with Gasteiger partial charge in [0.05, 0.1) is 12.2 Å². The largest absolute Gasteiger partial charge is 0.345 e. The number of nitrogens with zero attached hydrogens (tertiary/aromatic N) is 4. The van der Waals surface area contributed by atoms with E-state index in [4.69, 9.17) is 0 Å². The van der Waals surface area contributed by atoms with Gasteiger partial charge in [0.25, 0.3) is 11.5 Å². The molecule has 2 N–H and O–H groups in total. The second-order valence-corrected chi connectivity index (χ2v) is 5.60. The van der Waals surface area contributed by atoms with Gasteiger partial charge < -0.3 is 10.3 Å². The fraction of sp³-hybridized carbons (Fsp3) is 0.235. The summed E-state index contributed by atoms with van der Waals surface area (Å²) in [6.45, 7) is 1.95. The molecule has 1 amide bonds. The number of aryl methyl sites for hydroxylation is 1. The topological polar surface area (TPSA) is 106 Å². The van der Waals surface area contributed by atoms with Crippen LogP contribution >= 0.6 is 0 Å². The summed E-state index contributed by atoms with van der Waals surface area (Å²) in [6, 6.07) is 3.30. The first-order valence-corrected chi connectivity index (χ1v) is 7.87. The molecule has 3 aromatic rings. The molecule has 0 aromatic carbocycles. The van der Waals surface area contributed by atoms with E-state index in [9.17, 15) is 9.59 Å². The molecule has 8 heteroatoms. The molecule has 25 heavy (non-hydrogen) atoms. The van der Waals surface area contributed by atoms with Gasteiger partial charge in [-0.15, -0.1) is 0 Å². The Balaban J connectivity index is 1.81. The lowest BCUT2D eigenvalue weighted by atomic mass is 10.1. The molecular weight excluding hydrogens is 320 g/mol. The van der Waals surface area contributed by atoms with Gasteiger partial charge in [0.2, 0.25) is 0 Å². The van der Waals surface area contributed by atoms with Crippen LogP contribution in [0, 0.1) is 0 Å². The second-order valence-electron chi connectivity index (χ2n) is 5.60. The Morgan fingerprint density at radius 1 is 1.36 bits per heavy atom. The minimum Gasteiger partial charge on any atom is -0.345 e. The number of hydrogen-bond acceptors (Lipinski definition) is 5. The van der Waals surface area contributed by atoms with Crippen molar-refractivity contribution in [2.45, 2.75) is 19.4 Å². The van der Waals surface area contributed by atoms with Gasteiger partial charge >= 0.3 is 0 Å². The summed E-state index contributed by atoms with van der Waals surface area (Å²) in [7, 11) is 1.81. The Morgan fingerprint density at radius 2 is 2.20 bits per heavy atom. The summed E-state index contributed by atoms with van der Waals surface area (Å²) >= 11 is 0. The Bertz CT molecular complexity index is 932. The zero-order valence-corrected chi connectivity index (χ0v) is 13.9. The first-order valence-electron chi connectivity index (χ1n) is 7.87. The van der Waals surface area contributed by atoms with Crippen LogP contribution in [0.1, 0.15) is 35.3 Å². The summed E-state index contributed by atoms with van der Waals surface area (Å²) in [5.74, 6) is -0.101. The van der Waals surface area contributed by atoms with E-state index in [2.05, 4.69) is 25.4 Å². The molecule has 3 heterocycles. The van der Waals surface area contributed by atoms with Crippen molar-refractivity contribution in [1.82, 2.24) is 30.0 Å². The maximum absolute atomic E-state index is 12.5. The lowest BCUT2D eigenvalue weighted by Gasteiger charge is -2.15. The smallest absolute Gasteiger partial charge is 0.264 e. The SMILES string of the molecule is CC[C@@H](NC(=O)c1cnc(-c2cccnc2)[nH]c1=O)c1cnn(C)c1. The van der Waals surface area contributed by atoms with Crippen LogP contribution in [0.25, 0.3) is 11.4 Å². The number of pyridine rings is 1. The maximum Gasteiger partial charge on any atom is 0.264 e. The number of carbonyl (C=O) groups excluding carboxylic acids is 1. The zero-order chi connectivity index (χ0) is 17.8. The molecule has 0 aliphatic heterocycles. The standard InChI is InChI=1S/C17H18N6O2/c1-3-14(12-8-20-23(2)10-12)21-16(24)13-9-19-15(22-17(13)25)11-5-4-6-18-7-11/h4-10,14H,3H2,1-2H3,(H,21,24)(H,19,22,25)/t14-/m1/s1. The molecule has 0 spiro atoms. The molecule has 1 atom stereocenters. The van der Waals surface area contributed by atoms with Crippen LogP contribution in [0.4, 0.5) is 0 Å². The fourth-order valence-electron chi connectivity index (χ4n) is 2.48. The van der Waals surface area contributed by atoms with E-state index in [1.54, 1.807) is 35.4 Å². The quantitative estimate of drug-likeness (QED) is 0.732. The zero-order valence-electron chi connectivity index (χ0n) is 13.9. The Labute approximate surface area is 144 Å². The first kappa shape index (κ1) is 16.6. The number of H-pyrrole nitrogens is 1. The van der Waals surface area contributed by atoms with Gasteiger partial charge in [0.15, 0.2) is 0 Å². The van der Waals surface area contributed by atoms with Crippen LogP contribution in [0.5, 0.6) is 0 Å². The van der Waals surface area contributed by atoms with Crippen molar-refractivity contribution >= 4 is 5.91 Å². The van der Waals surface area contributed by atoms with Crippen LogP contribution in [-0.4, -0.2) is 30.6 Å². The minimum atomic E-state index is -0.493. The van der Waals surface area contributed by atoms with Crippen molar-refractivity contribution in [3.8, 4) is 11.4 Å². The number of hydrogen-bond donors (Lipinski definition) is 2. The van der Waals surface area contributed by atoms with E-state index >= 15 is 0 Å². The summed E-state index contributed by atoms with van der Waals surface area (Å²) in [5.41, 5.74) is 1.03. The van der Waals surface area contributed by atoms with Gasteiger partial charge in [-0.05, 0) is 18.6 Å². The highest BCUT2D eigenvalue weighted by Gasteiger charge is 2.18. The monoisotopic (exact) mass is 338 g/mol. The summed E-state index contributed by atoms with van der Waals surface area (Å²) < 4.78 is 1.67. The van der Waals surface area contributed by atoms with Gasteiger partial charge in [0.1, 0.15) is 11.4 Å². The molecule has 3 aromatic heterocycles.